The van der Waals surface area contributed by atoms with E-state index in [1.807, 2.05) is 30.9 Å². The average Bonchev–Trinajstić information content (AvgIpc) is 2.23. The molecule has 1 aromatic heterocycles. The van der Waals surface area contributed by atoms with E-state index in [9.17, 15) is 4.79 Å². The van der Waals surface area contributed by atoms with Gasteiger partial charge in [0.1, 0.15) is 0 Å². The minimum Gasteiger partial charge on any atom is -0.310 e. The van der Waals surface area contributed by atoms with Gasteiger partial charge in [0, 0.05) is 12.2 Å². The normalized spacial score (nSPS) is 21.3. The van der Waals surface area contributed by atoms with Crippen molar-refractivity contribution in [2.75, 3.05) is 11.4 Å². The van der Waals surface area contributed by atoms with Crippen LogP contribution in [0.4, 0.5) is 5.69 Å². The van der Waals surface area contributed by atoms with Crippen molar-refractivity contribution in [2.24, 2.45) is 0 Å². The smallest absolute Gasteiger partial charge is 0.240 e. The van der Waals surface area contributed by atoms with E-state index in [0.29, 0.717) is 0 Å². The van der Waals surface area contributed by atoms with E-state index >= 15 is 0 Å². The molecule has 16 heavy (non-hydrogen) atoms. The highest BCUT2D eigenvalue weighted by Crippen LogP contribution is 2.26. The van der Waals surface area contributed by atoms with Crippen molar-refractivity contribution in [3.05, 3.63) is 23.5 Å². The molecule has 1 fully saturated rings. The van der Waals surface area contributed by atoms with Gasteiger partial charge in [-0.3, -0.25) is 9.78 Å². The van der Waals surface area contributed by atoms with Crippen molar-refractivity contribution in [1.29, 1.82) is 0 Å². The van der Waals surface area contributed by atoms with Crippen LogP contribution in [0.3, 0.4) is 0 Å². The topological polar surface area (TPSA) is 33.2 Å². The molecule has 2 rings (SSSR count). The molecule has 0 spiro atoms. The molecule has 1 saturated heterocycles. The SMILES string of the molecule is Cc1ccc(N2CCCC(Br)C2=O)c(C)n1. The monoisotopic (exact) mass is 282 g/mol. The molecule has 86 valence electrons. The van der Waals surface area contributed by atoms with Gasteiger partial charge < -0.3 is 4.90 Å². The Morgan fingerprint density at radius 1 is 1.44 bits per heavy atom. The minimum atomic E-state index is -0.0399. The number of carbonyl (C=O) groups excluding carboxylic acids is 1. The predicted octanol–water partition coefficient (Wildman–Crippen LogP) is 2.59. The number of amides is 1. The molecule has 2 heterocycles. The quantitative estimate of drug-likeness (QED) is 0.742. The number of hydrogen-bond acceptors (Lipinski definition) is 2. The highest BCUT2D eigenvalue weighted by molar-refractivity contribution is 9.10. The Balaban J connectivity index is 2.32. The molecule has 1 amide bonds. The summed E-state index contributed by atoms with van der Waals surface area (Å²) in [6.07, 6.45) is 1.96. The largest absolute Gasteiger partial charge is 0.310 e. The third kappa shape index (κ3) is 2.12. The number of halogens is 1. The number of aromatic nitrogens is 1. The standard InChI is InChI=1S/C12H15BrN2O/c1-8-5-6-11(9(2)14-8)15-7-3-4-10(13)12(15)16/h5-6,10H,3-4,7H2,1-2H3. The summed E-state index contributed by atoms with van der Waals surface area (Å²) in [5.74, 6) is 0.153. The Morgan fingerprint density at radius 3 is 2.88 bits per heavy atom. The summed E-state index contributed by atoms with van der Waals surface area (Å²) in [7, 11) is 0. The number of carbonyl (C=O) groups is 1. The maximum Gasteiger partial charge on any atom is 0.240 e. The van der Waals surface area contributed by atoms with Gasteiger partial charge in [-0.1, -0.05) is 15.9 Å². The number of piperidine rings is 1. The molecule has 0 saturated carbocycles. The van der Waals surface area contributed by atoms with Crippen LogP contribution in [0.15, 0.2) is 12.1 Å². The molecule has 0 radical (unpaired) electrons. The molecule has 1 unspecified atom stereocenters. The average molecular weight is 283 g/mol. The Bertz CT molecular complexity index is 419. The van der Waals surface area contributed by atoms with Crippen molar-refractivity contribution in [1.82, 2.24) is 4.98 Å². The Morgan fingerprint density at radius 2 is 2.19 bits per heavy atom. The number of aryl methyl sites for hydroxylation is 2. The van der Waals surface area contributed by atoms with Crippen LogP contribution in [0.5, 0.6) is 0 Å². The summed E-state index contributed by atoms with van der Waals surface area (Å²) in [5.41, 5.74) is 2.86. The Kier molecular flexibility index (Phi) is 3.28. The fourth-order valence-corrected chi connectivity index (χ4v) is 2.61. The Labute approximate surface area is 104 Å². The molecule has 1 aliphatic rings. The summed E-state index contributed by atoms with van der Waals surface area (Å²) in [4.78, 5) is 18.2. The third-order valence-electron chi connectivity index (χ3n) is 2.86. The first kappa shape index (κ1) is 11.6. The lowest BCUT2D eigenvalue weighted by atomic mass is 10.1. The fraction of sp³-hybridized carbons (Fsp3) is 0.500. The first-order chi connectivity index (χ1) is 7.59. The lowest BCUT2D eigenvalue weighted by molar-refractivity contribution is -0.118. The summed E-state index contributed by atoms with van der Waals surface area (Å²) in [6, 6.07) is 3.94. The molecule has 0 N–H and O–H groups in total. The molecular weight excluding hydrogens is 268 g/mol. The Hall–Kier alpha value is -0.900. The van der Waals surface area contributed by atoms with Gasteiger partial charge in [-0.05, 0) is 38.8 Å². The van der Waals surface area contributed by atoms with Crippen molar-refractivity contribution in [2.45, 2.75) is 31.5 Å². The van der Waals surface area contributed by atoms with Crippen LogP contribution >= 0.6 is 15.9 Å². The number of pyridine rings is 1. The van der Waals surface area contributed by atoms with Crippen molar-refractivity contribution in [3.63, 3.8) is 0 Å². The summed E-state index contributed by atoms with van der Waals surface area (Å²) in [5, 5.41) is 0. The molecule has 0 bridgehead atoms. The summed E-state index contributed by atoms with van der Waals surface area (Å²) >= 11 is 3.42. The van der Waals surface area contributed by atoms with E-state index in [-0.39, 0.29) is 10.7 Å². The van der Waals surface area contributed by atoms with E-state index in [2.05, 4.69) is 20.9 Å². The first-order valence-electron chi connectivity index (χ1n) is 5.49. The maximum absolute atomic E-state index is 12.0. The first-order valence-corrected chi connectivity index (χ1v) is 6.41. The number of alkyl halides is 1. The summed E-state index contributed by atoms with van der Waals surface area (Å²) < 4.78 is 0. The van der Waals surface area contributed by atoms with Crippen LogP contribution in [0, 0.1) is 13.8 Å². The number of nitrogens with zero attached hydrogens (tertiary/aromatic N) is 2. The number of rotatable bonds is 1. The van der Waals surface area contributed by atoms with Crippen LogP contribution in [0.25, 0.3) is 0 Å². The minimum absolute atomic E-state index is 0.0399. The van der Waals surface area contributed by atoms with Gasteiger partial charge in [0.25, 0.3) is 0 Å². The lowest BCUT2D eigenvalue weighted by Gasteiger charge is -2.30. The van der Waals surface area contributed by atoms with Gasteiger partial charge in [0.15, 0.2) is 0 Å². The molecule has 1 aliphatic heterocycles. The van der Waals surface area contributed by atoms with Gasteiger partial charge >= 0.3 is 0 Å². The molecule has 4 heteroatoms. The van der Waals surface area contributed by atoms with Crippen LogP contribution in [0.2, 0.25) is 0 Å². The molecule has 0 aromatic carbocycles. The van der Waals surface area contributed by atoms with Crippen molar-refractivity contribution >= 4 is 27.5 Å². The second kappa shape index (κ2) is 4.53. The number of hydrogen-bond donors (Lipinski definition) is 0. The zero-order valence-corrected chi connectivity index (χ0v) is 11.1. The molecular formula is C12H15BrN2O. The van der Waals surface area contributed by atoms with Crippen LogP contribution < -0.4 is 4.90 Å². The molecule has 3 nitrogen and oxygen atoms in total. The lowest BCUT2D eigenvalue weighted by Crippen LogP contribution is -2.42. The fourth-order valence-electron chi connectivity index (χ4n) is 2.04. The van der Waals surface area contributed by atoms with Gasteiger partial charge in [-0.25, -0.2) is 0 Å². The van der Waals surface area contributed by atoms with E-state index in [4.69, 9.17) is 0 Å². The van der Waals surface area contributed by atoms with E-state index in [0.717, 1.165) is 36.5 Å². The van der Waals surface area contributed by atoms with Crippen molar-refractivity contribution in [3.8, 4) is 0 Å². The van der Waals surface area contributed by atoms with Gasteiger partial charge in [-0.2, -0.15) is 0 Å². The van der Waals surface area contributed by atoms with Gasteiger partial charge in [0.2, 0.25) is 5.91 Å². The molecule has 1 aromatic rings. The van der Waals surface area contributed by atoms with Gasteiger partial charge in [0.05, 0.1) is 16.2 Å². The van der Waals surface area contributed by atoms with Crippen molar-refractivity contribution < 1.29 is 4.79 Å². The van der Waals surface area contributed by atoms with Gasteiger partial charge in [-0.15, -0.1) is 0 Å². The molecule has 0 aliphatic carbocycles. The third-order valence-corrected chi connectivity index (χ3v) is 3.71. The zero-order chi connectivity index (χ0) is 11.7. The highest BCUT2D eigenvalue weighted by atomic mass is 79.9. The summed E-state index contributed by atoms with van der Waals surface area (Å²) in [6.45, 7) is 4.71. The zero-order valence-electron chi connectivity index (χ0n) is 9.53. The second-order valence-electron chi connectivity index (χ2n) is 4.16. The maximum atomic E-state index is 12.0. The molecule has 1 atom stereocenters. The van der Waals surface area contributed by atoms with Crippen LogP contribution in [-0.2, 0) is 4.79 Å². The van der Waals surface area contributed by atoms with E-state index in [1.54, 1.807) is 0 Å². The van der Waals surface area contributed by atoms with E-state index in [1.165, 1.54) is 0 Å². The predicted molar refractivity (Wildman–Crippen MR) is 68.0 cm³/mol. The highest BCUT2D eigenvalue weighted by Gasteiger charge is 2.28. The number of anilines is 1. The second-order valence-corrected chi connectivity index (χ2v) is 5.26. The van der Waals surface area contributed by atoms with E-state index < -0.39 is 0 Å². The van der Waals surface area contributed by atoms with Crippen LogP contribution in [-0.4, -0.2) is 22.3 Å². The van der Waals surface area contributed by atoms with Crippen LogP contribution in [0.1, 0.15) is 24.2 Å².